The van der Waals surface area contributed by atoms with Gasteiger partial charge in [-0.2, -0.15) is 0 Å². The molecular weight excluding hydrogens is 562 g/mol. The van der Waals surface area contributed by atoms with Crippen LogP contribution < -0.4 is 0 Å². The van der Waals surface area contributed by atoms with E-state index in [2.05, 4.69) is 41.2 Å². The molecule has 0 N–H and O–H groups in total. The summed E-state index contributed by atoms with van der Waals surface area (Å²) in [5.41, 5.74) is 3.63. The molecule has 2 aromatic heterocycles. The van der Waals surface area contributed by atoms with E-state index >= 15 is 0 Å². The van der Waals surface area contributed by atoms with E-state index in [1.54, 1.807) is 11.7 Å². The Morgan fingerprint density at radius 2 is 1.88 bits per heavy atom. The Balaban J connectivity index is 1.09. The van der Waals surface area contributed by atoms with Gasteiger partial charge in [0.1, 0.15) is 4.88 Å². The fourth-order valence-corrected chi connectivity index (χ4v) is 7.86. The van der Waals surface area contributed by atoms with Gasteiger partial charge in [0.15, 0.2) is 0 Å². The summed E-state index contributed by atoms with van der Waals surface area (Å²) in [6.07, 6.45) is 4.99. The van der Waals surface area contributed by atoms with Crippen molar-refractivity contribution in [2.24, 2.45) is 16.7 Å². The highest BCUT2D eigenvalue weighted by Gasteiger charge is 2.61. The summed E-state index contributed by atoms with van der Waals surface area (Å²) in [7, 11) is 0. The minimum Gasteiger partial charge on any atom is -0.425 e. The molecular formula is C30H34ClN5O4S. The third-order valence-corrected chi connectivity index (χ3v) is 10.7. The zero-order valence-electron chi connectivity index (χ0n) is 23.3. The van der Waals surface area contributed by atoms with Crippen LogP contribution in [0, 0.1) is 16.7 Å². The number of nitrogens with zero attached hydrogens (tertiary/aromatic N) is 5. The molecule has 1 unspecified atom stereocenters. The SMILES string of the molecule is CC1(C)C[C@@H]1C(=O)N1CC2(CN(C(=O)c3cncs3)CC2c2nnc(Cc3ccc(C4CCOCC4)c(Cl)c3)o2)C1. The van der Waals surface area contributed by atoms with Gasteiger partial charge in [-0.3, -0.25) is 14.6 Å². The van der Waals surface area contributed by atoms with E-state index in [-0.39, 0.29) is 34.5 Å². The predicted molar refractivity (Wildman–Crippen MR) is 153 cm³/mol. The van der Waals surface area contributed by atoms with Crippen LogP contribution in [0.2, 0.25) is 5.02 Å². The normalized spacial score (nSPS) is 25.0. The summed E-state index contributed by atoms with van der Waals surface area (Å²) < 4.78 is 11.8. The number of hydrogen-bond acceptors (Lipinski definition) is 8. The molecule has 11 heteroatoms. The lowest BCUT2D eigenvalue weighted by Gasteiger charge is -2.50. The number of aromatic nitrogens is 3. The van der Waals surface area contributed by atoms with Crippen LogP contribution in [0.3, 0.4) is 0 Å². The number of likely N-dealkylation sites (tertiary alicyclic amines) is 2. The van der Waals surface area contributed by atoms with Gasteiger partial charge in [-0.05, 0) is 47.8 Å². The number of hydrogen-bond donors (Lipinski definition) is 0. The zero-order valence-corrected chi connectivity index (χ0v) is 24.9. The maximum Gasteiger partial charge on any atom is 0.265 e. The molecule has 1 saturated carbocycles. The second-order valence-electron chi connectivity index (χ2n) is 12.9. The molecule has 3 aromatic rings. The largest absolute Gasteiger partial charge is 0.425 e. The maximum atomic E-state index is 13.3. The Morgan fingerprint density at radius 3 is 2.56 bits per heavy atom. The molecule has 7 rings (SSSR count). The van der Waals surface area contributed by atoms with Gasteiger partial charge < -0.3 is 19.0 Å². The fraction of sp³-hybridized carbons (Fsp3) is 0.567. The molecule has 4 aliphatic rings. The summed E-state index contributed by atoms with van der Waals surface area (Å²) in [5.74, 6) is 1.60. The van der Waals surface area contributed by atoms with Gasteiger partial charge in [-0.1, -0.05) is 37.6 Å². The predicted octanol–water partition coefficient (Wildman–Crippen LogP) is 4.78. The molecule has 216 valence electrons. The van der Waals surface area contributed by atoms with Crippen molar-refractivity contribution in [2.45, 2.75) is 51.4 Å². The first-order valence-electron chi connectivity index (χ1n) is 14.4. The van der Waals surface area contributed by atoms with Crippen LogP contribution in [0.4, 0.5) is 0 Å². The molecule has 1 spiro atoms. The molecule has 0 bridgehead atoms. The number of amides is 2. The first kappa shape index (κ1) is 27.0. The number of ether oxygens (including phenoxy) is 1. The summed E-state index contributed by atoms with van der Waals surface area (Å²) in [4.78, 5) is 34.9. The molecule has 0 radical (unpaired) electrons. The highest BCUT2D eigenvalue weighted by atomic mass is 35.5. The highest BCUT2D eigenvalue weighted by Crippen LogP contribution is 2.55. The van der Waals surface area contributed by atoms with Crippen molar-refractivity contribution in [3.05, 3.63) is 62.7 Å². The quantitative estimate of drug-likeness (QED) is 0.404. The van der Waals surface area contributed by atoms with Crippen molar-refractivity contribution in [3.8, 4) is 0 Å². The number of rotatable bonds is 6. The number of carbonyl (C=O) groups excluding carboxylic acids is 2. The number of halogens is 1. The van der Waals surface area contributed by atoms with E-state index in [4.69, 9.17) is 20.8 Å². The van der Waals surface area contributed by atoms with E-state index in [9.17, 15) is 9.59 Å². The van der Waals surface area contributed by atoms with Gasteiger partial charge in [0.05, 0.1) is 24.0 Å². The lowest BCUT2D eigenvalue weighted by atomic mass is 9.71. The Kier molecular flexibility index (Phi) is 6.71. The van der Waals surface area contributed by atoms with E-state index in [0.717, 1.165) is 43.1 Å². The molecule has 4 fully saturated rings. The highest BCUT2D eigenvalue weighted by molar-refractivity contribution is 7.11. The summed E-state index contributed by atoms with van der Waals surface area (Å²) in [6.45, 7) is 8.04. The summed E-state index contributed by atoms with van der Waals surface area (Å²) >= 11 is 8.03. The van der Waals surface area contributed by atoms with Crippen molar-refractivity contribution in [3.63, 3.8) is 0 Å². The van der Waals surface area contributed by atoms with E-state index in [1.165, 1.54) is 16.9 Å². The second kappa shape index (κ2) is 10.2. The number of benzene rings is 1. The van der Waals surface area contributed by atoms with E-state index < -0.39 is 0 Å². The van der Waals surface area contributed by atoms with Gasteiger partial charge >= 0.3 is 0 Å². The van der Waals surface area contributed by atoms with Gasteiger partial charge in [0.25, 0.3) is 5.91 Å². The van der Waals surface area contributed by atoms with Crippen molar-refractivity contribution in [1.82, 2.24) is 25.0 Å². The molecule has 2 amide bonds. The van der Waals surface area contributed by atoms with Crippen LogP contribution in [-0.4, -0.2) is 76.2 Å². The molecule has 3 saturated heterocycles. The average Bonchev–Trinajstić information content (AvgIpc) is 3.45. The molecule has 41 heavy (non-hydrogen) atoms. The molecule has 1 aliphatic carbocycles. The van der Waals surface area contributed by atoms with Gasteiger partial charge in [0, 0.05) is 55.7 Å². The Labute approximate surface area is 248 Å². The van der Waals surface area contributed by atoms with Crippen LogP contribution >= 0.6 is 22.9 Å². The minimum atomic E-state index is -0.298. The Morgan fingerprint density at radius 1 is 1.12 bits per heavy atom. The monoisotopic (exact) mass is 595 g/mol. The lowest BCUT2D eigenvalue weighted by molar-refractivity contribution is -0.146. The smallest absolute Gasteiger partial charge is 0.265 e. The topological polar surface area (TPSA) is 102 Å². The van der Waals surface area contributed by atoms with Gasteiger partial charge in [0.2, 0.25) is 17.7 Å². The van der Waals surface area contributed by atoms with Crippen molar-refractivity contribution < 1.29 is 18.7 Å². The Bertz CT molecular complexity index is 1460. The van der Waals surface area contributed by atoms with Crippen molar-refractivity contribution in [2.75, 3.05) is 39.4 Å². The Hall–Kier alpha value is -2.82. The van der Waals surface area contributed by atoms with Crippen LogP contribution in [0.25, 0.3) is 0 Å². The van der Waals surface area contributed by atoms with Gasteiger partial charge in [-0.25, -0.2) is 0 Å². The molecule has 3 aliphatic heterocycles. The van der Waals surface area contributed by atoms with Crippen LogP contribution in [0.5, 0.6) is 0 Å². The van der Waals surface area contributed by atoms with Crippen molar-refractivity contribution >= 4 is 34.8 Å². The standard InChI is InChI=1S/C30H34ClN5O4S/c1-29(2)11-21(29)27(37)36-15-30(16-36)14-35(28(38)24-12-32-17-41-24)13-22(30)26-34-33-25(40-26)10-18-3-4-20(23(31)9-18)19-5-7-39-8-6-19/h3-4,9,12,17,19,21-22H,5-8,10-11,13-16H2,1-2H3/t21-,22?/m1/s1. The van der Waals surface area contributed by atoms with E-state index in [0.29, 0.717) is 55.2 Å². The first-order chi connectivity index (χ1) is 19.7. The van der Waals surface area contributed by atoms with Gasteiger partial charge in [-0.15, -0.1) is 21.5 Å². The fourth-order valence-electron chi connectivity index (χ4n) is 6.91. The van der Waals surface area contributed by atoms with Crippen LogP contribution in [0.1, 0.15) is 77.5 Å². The molecule has 5 heterocycles. The second-order valence-corrected chi connectivity index (χ2v) is 14.2. The summed E-state index contributed by atoms with van der Waals surface area (Å²) in [6, 6.07) is 6.19. The maximum absolute atomic E-state index is 13.3. The lowest BCUT2D eigenvalue weighted by Crippen LogP contribution is -2.62. The van der Waals surface area contributed by atoms with Crippen LogP contribution in [0.15, 0.2) is 34.3 Å². The first-order valence-corrected chi connectivity index (χ1v) is 15.6. The third kappa shape index (κ3) is 4.97. The minimum absolute atomic E-state index is 0.0403. The zero-order chi connectivity index (χ0) is 28.4. The summed E-state index contributed by atoms with van der Waals surface area (Å²) in [5, 5.41) is 9.62. The van der Waals surface area contributed by atoms with E-state index in [1.807, 2.05) is 15.9 Å². The van der Waals surface area contributed by atoms with Crippen LogP contribution in [-0.2, 0) is 16.0 Å². The van der Waals surface area contributed by atoms with Crippen molar-refractivity contribution in [1.29, 1.82) is 0 Å². The average molecular weight is 596 g/mol. The molecule has 1 aromatic carbocycles. The number of carbonyl (C=O) groups is 2. The number of thiazole rings is 1. The molecule has 2 atom stereocenters. The third-order valence-electron chi connectivity index (χ3n) is 9.57. The molecule has 9 nitrogen and oxygen atoms in total.